The number of benzene rings is 2. The van der Waals surface area contributed by atoms with Crippen molar-refractivity contribution in [1.82, 2.24) is 4.90 Å². The summed E-state index contributed by atoms with van der Waals surface area (Å²) >= 11 is 1.96. The predicted octanol–water partition coefficient (Wildman–Crippen LogP) is 4.41. The Morgan fingerprint density at radius 3 is 2.62 bits per heavy atom. The van der Waals surface area contributed by atoms with Crippen LogP contribution in [0.25, 0.3) is 0 Å². The smallest absolute Gasteiger partial charge is 0.387 e. The van der Waals surface area contributed by atoms with Gasteiger partial charge < -0.3 is 14.8 Å². The molecule has 1 N–H and O–H groups in total. The molecule has 1 aliphatic heterocycles. The number of rotatable bonds is 7. The van der Waals surface area contributed by atoms with Crippen molar-refractivity contribution in [2.24, 2.45) is 0 Å². The van der Waals surface area contributed by atoms with Crippen LogP contribution in [0.3, 0.4) is 0 Å². The number of halogens is 2. The van der Waals surface area contributed by atoms with Gasteiger partial charge in [-0.2, -0.15) is 20.5 Å². The summed E-state index contributed by atoms with van der Waals surface area (Å²) < 4.78 is 34.7. The second-order valence-corrected chi connectivity index (χ2v) is 7.96. The van der Waals surface area contributed by atoms with Gasteiger partial charge in [0, 0.05) is 42.4 Å². The molecule has 5 nitrogen and oxygen atoms in total. The van der Waals surface area contributed by atoms with E-state index < -0.39 is 12.5 Å². The number of hydrogen-bond acceptors (Lipinski definition) is 5. The molecule has 1 amide bonds. The molecule has 0 unspecified atom stereocenters. The minimum Gasteiger partial charge on any atom is -0.493 e. The number of alkyl halides is 2. The van der Waals surface area contributed by atoms with E-state index in [1.54, 1.807) is 0 Å². The highest BCUT2D eigenvalue weighted by Crippen LogP contribution is 2.30. The van der Waals surface area contributed by atoms with Gasteiger partial charge in [0.2, 0.25) is 0 Å². The predicted molar refractivity (Wildman–Crippen MR) is 111 cm³/mol. The Hall–Kier alpha value is -2.32. The Bertz CT molecular complexity index is 858. The molecule has 0 aromatic heterocycles. The standard InChI is InChI=1S/C21H24F2N2O3S/c1-14-3-4-15(13-25-7-9-29-10-8-25)11-17(14)24-20(26)16-5-6-18(27-2)19(12-16)28-21(22)23/h3-6,11-12,21H,7-10,13H2,1-2H3,(H,24,26). The summed E-state index contributed by atoms with van der Waals surface area (Å²) in [6.07, 6.45) is 0. The zero-order valence-electron chi connectivity index (χ0n) is 16.4. The second kappa shape index (κ2) is 9.93. The third kappa shape index (κ3) is 5.83. The topological polar surface area (TPSA) is 50.8 Å². The Morgan fingerprint density at radius 2 is 1.93 bits per heavy atom. The van der Waals surface area contributed by atoms with Crippen molar-refractivity contribution < 1.29 is 23.0 Å². The van der Waals surface area contributed by atoms with Crippen LogP contribution in [0.5, 0.6) is 11.5 Å². The van der Waals surface area contributed by atoms with E-state index in [1.165, 1.54) is 25.3 Å². The normalized spacial score (nSPS) is 14.7. The molecule has 3 rings (SSSR count). The summed E-state index contributed by atoms with van der Waals surface area (Å²) in [6.45, 7) is 1.85. The molecule has 0 aliphatic carbocycles. The molecule has 2 aromatic rings. The first-order valence-electron chi connectivity index (χ1n) is 9.30. The summed E-state index contributed by atoms with van der Waals surface area (Å²) in [6, 6.07) is 10.2. The van der Waals surface area contributed by atoms with Crippen LogP contribution in [0.2, 0.25) is 0 Å². The molecule has 1 aliphatic rings. The highest BCUT2D eigenvalue weighted by atomic mass is 32.2. The zero-order valence-corrected chi connectivity index (χ0v) is 17.2. The van der Waals surface area contributed by atoms with E-state index in [9.17, 15) is 13.6 Å². The molecule has 1 saturated heterocycles. The molecule has 1 heterocycles. The third-order valence-corrected chi connectivity index (χ3v) is 5.64. The lowest BCUT2D eigenvalue weighted by atomic mass is 10.1. The maximum atomic E-state index is 12.7. The van der Waals surface area contributed by atoms with Gasteiger partial charge in [-0.15, -0.1) is 0 Å². The third-order valence-electron chi connectivity index (χ3n) is 4.70. The quantitative estimate of drug-likeness (QED) is 0.717. The summed E-state index contributed by atoms with van der Waals surface area (Å²) in [7, 11) is 1.35. The van der Waals surface area contributed by atoms with Gasteiger partial charge in [-0.1, -0.05) is 12.1 Å². The lowest BCUT2D eigenvalue weighted by Gasteiger charge is -2.26. The van der Waals surface area contributed by atoms with Crippen LogP contribution in [0.15, 0.2) is 36.4 Å². The summed E-state index contributed by atoms with van der Waals surface area (Å²) in [5, 5.41) is 2.88. The highest BCUT2D eigenvalue weighted by molar-refractivity contribution is 7.99. The van der Waals surface area contributed by atoms with Gasteiger partial charge >= 0.3 is 6.61 Å². The number of ether oxygens (including phenoxy) is 2. The van der Waals surface area contributed by atoms with E-state index in [0.29, 0.717) is 5.69 Å². The van der Waals surface area contributed by atoms with Crippen molar-refractivity contribution in [1.29, 1.82) is 0 Å². The SMILES string of the molecule is COc1ccc(C(=O)Nc2cc(CN3CCSCC3)ccc2C)cc1OC(F)F. The van der Waals surface area contributed by atoms with E-state index in [4.69, 9.17) is 4.74 Å². The molecule has 0 radical (unpaired) electrons. The van der Waals surface area contributed by atoms with Gasteiger partial charge in [0.15, 0.2) is 11.5 Å². The van der Waals surface area contributed by atoms with Crippen LogP contribution in [-0.2, 0) is 6.54 Å². The minimum absolute atomic E-state index is 0.139. The van der Waals surface area contributed by atoms with Crippen LogP contribution in [0, 0.1) is 6.92 Å². The fraction of sp³-hybridized carbons (Fsp3) is 0.381. The molecule has 1 fully saturated rings. The van der Waals surface area contributed by atoms with Gasteiger partial charge in [-0.05, 0) is 42.3 Å². The number of hydrogen-bond donors (Lipinski definition) is 1. The van der Waals surface area contributed by atoms with Crippen LogP contribution >= 0.6 is 11.8 Å². The number of carbonyl (C=O) groups is 1. The first kappa shape index (κ1) is 21.4. The minimum atomic E-state index is -3.01. The fourth-order valence-corrected chi connectivity index (χ4v) is 4.10. The molecule has 2 aromatic carbocycles. The summed E-state index contributed by atoms with van der Waals surface area (Å²) in [5.41, 5.74) is 2.95. The van der Waals surface area contributed by atoms with Gasteiger partial charge in [0.05, 0.1) is 7.11 Å². The van der Waals surface area contributed by atoms with Gasteiger partial charge in [-0.3, -0.25) is 9.69 Å². The molecule has 156 valence electrons. The van der Waals surface area contributed by atoms with Crippen molar-refractivity contribution in [3.05, 3.63) is 53.1 Å². The Labute approximate surface area is 173 Å². The van der Waals surface area contributed by atoms with Crippen LogP contribution < -0.4 is 14.8 Å². The highest BCUT2D eigenvalue weighted by Gasteiger charge is 2.16. The van der Waals surface area contributed by atoms with E-state index in [-0.39, 0.29) is 17.1 Å². The van der Waals surface area contributed by atoms with Gasteiger partial charge in [-0.25, -0.2) is 0 Å². The van der Waals surface area contributed by atoms with E-state index in [0.717, 1.165) is 42.3 Å². The van der Waals surface area contributed by atoms with Crippen LogP contribution in [0.1, 0.15) is 21.5 Å². The number of anilines is 1. The van der Waals surface area contributed by atoms with Crippen LogP contribution in [0.4, 0.5) is 14.5 Å². The second-order valence-electron chi connectivity index (χ2n) is 6.74. The first-order chi connectivity index (χ1) is 14.0. The maximum absolute atomic E-state index is 12.7. The number of nitrogens with zero attached hydrogens (tertiary/aromatic N) is 1. The molecular formula is C21H24F2N2O3S. The van der Waals surface area contributed by atoms with Crippen molar-refractivity contribution in [2.75, 3.05) is 37.0 Å². The summed E-state index contributed by atoms with van der Waals surface area (Å²) in [4.78, 5) is 15.1. The maximum Gasteiger partial charge on any atom is 0.387 e. The molecule has 29 heavy (non-hydrogen) atoms. The van der Waals surface area contributed by atoms with Gasteiger partial charge in [0.1, 0.15) is 0 Å². The molecule has 0 saturated carbocycles. The number of amides is 1. The van der Waals surface area contributed by atoms with Crippen molar-refractivity contribution >= 4 is 23.4 Å². The average Bonchev–Trinajstić information content (AvgIpc) is 2.70. The molecule has 0 atom stereocenters. The van der Waals surface area contributed by atoms with Gasteiger partial charge in [0.25, 0.3) is 5.91 Å². The Morgan fingerprint density at radius 1 is 1.17 bits per heavy atom. The Kier molecular flexibility index (Phi) is 7.33. The Balaban J connectivity index is 1.75. The number of nitrogens with one attached hydrogen (secondary N) is 1. The zero-order chi connectivity index (χ0) is 20.8. The molecule has 0 spiro atoms. The summed E-state index contributed by atoms with van der Waals surface area (Å²) in [5.74, 6) is 1.83. The fourth-order valence-electron chi connectivity index (χ4n) is 3.12. The lowest BCUT2D eigenvalue weighted by Crippen LogP contribution is -2.32. The number of methoxy groups -OCH3 is 1. The van der Waals surface area contributed by atoms with E-state index in [1.807, 2.05) is 30.8 Å². The van der Waals surface area contributed by atoms with Crippen molar-refractivity contribution in [2.45, 2.75) is 20.1 Å². The largest absolute Gasteiger partial charge is 0.493 e. The number of thioether (sulfide) groups is 1. The monoisotopic (exact) mass is 422 g/mol. The van der Waals surface area contributed by atoms with Crippen molar-refractivity contribution in [3.63, 3.8) is 0 Å². The molecule has 0 bridgehead atoms. The van der Waals surface area contributed by atoms with Crippen molar-refractivity contribution in [3.8, 4) is 11.5 Å². The molecular weight excluding hydrogens is 398 g/mol. The van der Waals surface area contributed by atoms with E-state index >= 15 is 0 Å². The molecule has 8 heteroatoms. The van der Waals surface area contributed by atoms with Crippen LogP contribution in [-0.4, -0.2) is 49.1 Å². The lowest BCUT2D eigenvalue weighted by molar-refractivity contribution is -0.0512. The first-order valence-corrected chi connectivity index (χ1v) is 10.5. The average molecular weight is 422 g/mol. The van der Waals surface area contributed by atoms with E-state index in [2.05, 4.69) is 21.0 Å². The number of carbonyl (C=O) groups excluding carboxylic acids is 1. The number of aryl methyl sites for hydroxylation is 1.